The van der Waals surface area contributed by atoms with Gasteiger partial charge in [0.05, 0.1) is 10.4 Å². The summed E-state index contributed by atoms with van der Waals surface area (Å²) >= 11 is 1.60. The van der Waals surface area contributed by atoms with Gasteiger partial charge in [0.2, 0.25) is 11.7 Å². The van der Waals surface area contributed by atoms with Crippen LogP contribution < -0.4 is 5.73 Å². The molecule has 0 atom stereocenters. The smallest absolute Gasteiger partial charge is 0.247 e. The summed E-state index contributed by atoms with van der Waals surface area (Å²) in [6.07, 6.45) is 4.18. The highest BCUT2D eigenvalue weighted by molar-refractivity contribution is 7.13. The molecule has 1 saturated carbocycles. The molecule has 2 aromatic heterocycles. The molecule has 0 unspecified atom stereocenters. The highest BCUT2D eigenvalue weighted by Crippen LogP contribution is 2.36. The molecule has 0 aromatic carbocycles. The third-order valence-electron chi connectivity index (χ3n) is 3.09. The summed E-state index contributed by atoms with van der Waals surface area (Å²) in [5.41, 5.74) is 5.87. The first-order valence-electron chi connectivity index (χ1n) is 5.45. The highest BCUT2D eigenvalue weighted by atomic mass is 32.1. The molecule has 2 N–H and O–H groups in total. The Balaban J connectivity index is 1.93. The van der Waals surface area contributed by atoms with Gasteiger partial charge in [0.15, 0.2) is 0 Å². The van der Waals surface area contributed by atoms with Crippen LogP contribution in [0.2, 0.25) is 0 Å². The minimum Gasteiger partial charge on any atom is -0.337 e. The Labute approximate surface area is 97.5 Å². The number of rotatable bonds is 2. The molecule has 1 aliphatic rings. The van der Waals surface area contributed by atoms with Crippen molar-refractivity contribution in [2.45, 2.75) is 31.2 Å². The maximum absolute atomic E-state index is 6.25. The van der Waals surface area contributed by atoms with Crippen LogP contribution in [0.1, 0.15) is 31.6 Å². The molecular weight excluding hydrogens is 222 g/mol. The van der Waals surface area contributed by atoms with Gasteiger partial charge in [-0.2, -0.15) is 4.98 Å². The lowest BCUT2D eigenvalue weighted by Gasteiger charge is -2.17. The molecule has 0 bridgehead atoms. The summed E-state index contributed by atoms with van der Waals surface area (Å²) in [4.78, 5) is 5.44. The van der Waals surface area contributed by atoms with Gasteiger partial charge < -0.3 is 10.3 Å². The summed E-state index contributed by atoms with van der Waals surface area (Å²) in [6.45, 7) is 0. The molecule has 2 heterocycles. The lowest BCUT2D eigenvalue weighted by atomic mass is 9.99. The molecule has 3 rings (SSSR count). The summed E-state index contributed by atoms with van der Waals surface area (Å²) in [7, 11) is 0. The molecule has 0 aliphatic heterocycles. The normalized spacial score (nSPS) is 19.1. The zero-order valence-electron chi connectivity index (χ0n) is 8.85. The Morgan fingerprint density at radius 1 is 1.38 bits per heavy atom. The van der Waals surface area contributed by atoms with Gasteiger partial charge in [-0.05, 0) is 24.3 Å². The third-order valence-corrected chi connectivity index (χ3v) is 3.96. The van der Waals surface area contributed by atoms with Crippen molar-refractivity contribution >= 4 is 11.3 Å². The minimum absolute atomic E-state index is 0.386. The fraction of sp³-hybridized carbons (Fsp3) is 0.455. The van der Waals surface area contributed by atoms with Crippen molar-refractivity contribution in [1.82, 2.24) is 10.1 Å². The van der Waals surface area contributed by atoms with Crippen LogP contribution >= 0.6 is 11.3 Å². The minimum atomic E-state index is -0.386. The quantitative estimate of drug-likeness (QED) is 0.868. The Hall–Kier alpha value is -1.20. The first-order chi connectivity index (χ1) is 7.78. The molecule has 0 amide bonds. The second-order valence-corrected chi connectivity index (χ2v) is 5.21. The molecule has 84 valence electrons. The van der Waals surface area contributed by atoms with Crippen LogP contribution in [0.5, 0.6) is 0 Å². The number of aromatic nitrogens is 2. The van der Waals surface area contributed by atoms with Crippen molar-refractivity contribution in [3.63, 3.8) is 0 Å². The average Bonchev–Trinajstić information content (AvgIpc) is 2.98. The van der Waals surface area contributed by atoms with Crippen LogP contribution in [0.15, 0.2) is 22.0 Å². The fourth-order valence-electron chi connectivity index (χ4n) is 2.15. The zero-order chi connectivity index (χ0) is 11.0. The predicted molar refractivity (Wildman–Crippen MR) is 61.9 cm³/mol. The third kappa shape index (κ3) is 1.56. The second kappa shape index (κ2) is 3.68. The number of nitrogens with two attached hydrogens (primary N) is 1. The molecule has 0 radical (unpaired) electrons. The van der Waals surface area contributed by atoms with E-state index in [1.54, 1.807) is 11.3 Å². The van der Waals surface area contributed by atoms with E-state index in [2.05, 4.69) is 10.1 Å². The standard InChI is InChI=1S/C11H13N3OS/c12-11(5-1-2-6-11)10-13-9(14-15-10)8-4-3-7-16-8/h3-4,7H,1-2,5-6,12H2. The van der Waals surface area contributed by atoms with Gasteiger partial charge in [-0.1, -0.05) is 24.1 Å². The largest absolute Gasteiger partial charge is 0.337 e. The molecule has 0 spiro atoms. The molecule has 2 aromatic rings. The van der Waals surface area contributed by atoms with Gasteiger partial charge in [0, 0.05) is 0 Å². The monoisotopic (exact) mass is 235 g/mol. The number of thiophene rings is 1. The molecule has 1 fully saturated rings. The van der Waals surface area contributed by atoms with Crippen molar-refractivity contribution in [2.24, 2.45) is 5.73 Å². The van der Waals surface area contributed by atoms with E-state index < -0.39 is 0 Å². The first-order valence-corrected chi connectivity index (χ1v) is 6.33. The van der Waals surface area contributed by atoms with Crippen molar-refractivity contribution in [2.75, 3.05) is 0 Å². The summed E-state index contributed by atoms with van der Waals surface area (Å²) in [5.74, 6) is 1.25. The van der Waals surface area contributed by atoms with Crippen LogP contribution in [0.25, 0.3) is 10.7 Å². The number of nitrogens with zero attached hydrogens (tertiary/aromatic N) is 2. The Morgan fingerprint density at radius 3 is 2.88 bits per heavy atom. The maximum atomic E-state index is 6.25. The van der Waals surface area contributed by atoms with Crippen molar-refractivity contribution in [3.05, 3.63) is 23.4 Å². The molecule has 16 heavy (non-hydrogen) atoms. The number of hydrogen-bond donors (Lipinski definition) is 1. The zero-order valence-corrected chi connectivity index (χ0v) is 9.67. The molecule has 0 saturated heterocycles. The fourth-order valence-corrected chi connectivity index (χ4v) is 2.80. The van der Waals surface area contributed by atoms with E-state index in [1.165, 1.54) is 0 Å². The van der Waals surface area contributed by atoms with E-state index >= 15 is 0 Å². The van der Waals surface area contributed by atoms with E-state index in [4.69, 9.17) is 10.3 Å². The predicted octanol–water partition coefficient (Wildman–Crippen LogP) is 2.53. The van der Waals surface area contributed by atoms with Crippen molar-refractivity contribution in [1.29, 1.82) is 0 Å². The summed E-state index contributed by atoms with van der Waals surface area (Å²) < 4.78 is 5.30. The van der Waals surface area contributed by atoms with Crippen LogP contribution in [0, 0.1) is 0 Å². The van der Waals surface area contributed by atoms with E-state index in [1.807, 2.05) is 17.5 Å². The van der Waals surface area contributed by atoms with Gasteiger partial charge in [-0.25, -0.2) is 0 Å². The van der Waals surface area contributed by atoms with Crippen LogP contribution in [-0.4, -0.2) is 10.1 Å². The van der Waals surface area contributed by atoms with Crippen LogP contribution in [0.3, 0.4) is 0 Å². The maximum Gasteiger partial charge on any atom is 0.247 e. The van der Waals surface area contributed by atoms with Gasteiger partial charge >= 0.3 is 0 Å². The number of hydrogen-bond acceptors (Lipinski definition) is 5. The van der Waals surface area contributed by atoms with E-state index in [9.17, 15) is 0 Å². The highest BCUT2D eigenvalue weighted by Gasteiger charge is 2.36. The van der Waals surface area contributed by atoms with Crippen molar-refractivity contribution < 1.29 is 4.52 Å². The second-order valence-electron chi connectivity index (χ2n) is 4.26. The Morgan fingerprint density at radius 2 is 2.19 bits per heavy atom. The van der Waals surface area contributed by atoms with E-state index in [-0.39, 0.29) is 5.54 Å². The van der Waals surface area contributed by atoms with E-state index in [0.717, 1.165) is 30.6 Å². The van der Waals surface area contributed by atoms with Gasteiger partial charge in [0.25, 0.3) is 0 Å². The van der Waals surface area contributed by atoms with Gasteiger partial charge in [-0.15, -0.1) is 11.3 Å². The first kappa shape index (κ1) is 9.99. The molecule has 4 nitrogen and oxygen atoms in total. The lowest BCUT2D eigenvalue weighted by Crippen LogP contribution is -2.33. The topological polar surface area (TPSA) is 64.9 Å². The van der Waals surface area contributed by atoms with Crippen LogP contribution in [0.4, 0.5) is 0 Å². The van der Waals surface area contributed by atoms with Crippen LogP contribution in [-0.2, 0) is 5.54 Å². The Bertz CT molecular complexity index is 471. The molecular formula is C11H13N3OS. The molecule has 1 aliphatic carbocycles. The summed E-state index contributed by atoms with van der Waals surface area (Å²) in [6, 6.07) is 3.96. The lowest BCUT2D eigenvalue weighted by molar-refractivity contribution is 0.285. The average molecular weight is 235 g/mol. The van der Waals surface area contributed by atoms with Gasteiger partial charge in [0.1, 0.15) is 0 Å². The van der Waals surface area contributed by atoms with Gasteiger partial charge in [-0.3, -0.25) is 0 Å². The SMILES string of the molecule is NC1(c2nc(-c3cccs3)no2)CCCC1. The molecule has 5 heteroatoms. The van der Waals surface area contributed by atoms with E-state index in [0.29, 0.717) is 11.7 Å². The Kier molecular flexibility index (Phi) is 2.29. The summed E-state index contributed by atoms with van der Waals surface area (Å²) in [5, 5.41) is 5.99. The van der Waals surface area contributed by atoms with Crippen molar-refractivity contribution in [3.8, 4) is 10.7 Å².